The second-order valence-electron chi connectivity index (χ2n) is 6.82. The number of nitrogens with one attached hydrogen (secondary N) is 1. The van der Waals surface area contributed by atoms with Gasteiger partial charge in [0, 0.05) is 31.4 Å². The molecule has 2 aromatic rings. The maximum atomic E-state index is 12.5. The number of hydrogen-bond acceptors (Lipinski definition) is 4. The fourth-order valence-corrected chi connectivity index (χ4v) is 3.94. The first-order valence-corrected chi connectivity index (χ1v) is 10.4. The Morgan fingerprint density at radius 3 is 2.37 bits per heavy atom. The lowest BCUT2D eigenvalue weighted by Crippen LogP contribution is -2.22. The van der Waals surface area contributed by atoms with E-state index < -0.39 is 10.0 Å². The van der Waals surface area contributed by atoms with Gasteiger partial charge >= 0.3 is 0 Å². The van der Waals surface area contributed by atoms with Gasteiger partial charge in [-0.3, -0.25) is 4.79 Å². The maximum absolute atomic E-state index is 12.5. The van der Waals surface area contributed by atoms with Crippen LogP contribution in [0.3, 0.4) is 0 Å². The van der Waals surface area contributed by atoms with Crippen molar-refractivity contribution in [3.05, 3.63) is 54.1 Å². The van der Waals surface area contributed by atoms with Crippen molar-refractivity contribution in [2.24, 2.45) is 0 Å². The number of nitrogens with zero attached hydrogens (tertiary/aromatic N) is 1. The lowest BCUT2D eigenvalue weighted by atomic mass is 10.2. The Morgan fingerprint density at radius 1 is 1.07 bits per heavy atom. The molecule has 7 heteroatoms. The van der Waals surface area contributed by atoms with Crippen LogP contribution in [-0.2, 0) is 10.0 Å². The van der Waals surface area contributed by atoms with Gasteiger partial charge in [0.25, 0.3) is 5.91 Å². The minimum atomic E-state index is -3.51. The number of carbonyl (C=O) groups is 1. The summed E-state index contributed by atoms with van der Waals surface area (Å²) in [7, 11) is -0.573. The molecule has 0 bridgehead atoms. The van der Waals surface area contributed by atoms with Crippen molar-refractivity contribution < 1.29 is 17.9 Å². The van der Waals surface area contributed by atoms with Crippen LogP contribution in [0, 0.1) is 0 Å². The number of sulfonamides is 1. The molecular formula is C20H24N2O4S. The fraction of sp³-hybridized carbons (Fsp3) is 0.350. The van der Waals surface area contributed by atoms with E-state index in [9.17, 15) is 13.2 Å². The summed E-state index contributed by atoms with van der Waals surface area (Å²) >= 11 is 0. The van der Waals surface area contributed by atoms with Crippen LogP contribution in [0.1, 0.15) is 36.0 Å². The Hall–Kier alpha value is -2.38. The highest BCUT2D eigenvalue weighted by atomic mass is 32.2. The zero-order chi connectivity index (χ0) is 19.4. The van der Waals surface area contributed by atoms with Crippen LogP contribution in [0.25, 0.3) is 0 Å². The summed E-state index contributed by atoms with van der Waals surface area (Å²) in [5.74, 6) is 0.439. The Bertz CT molecular complexity index is 902. The molecule has 0 spiro atoms. The Morgan fingerprint density at radius 2 is 1.74 bits per heavy atom. The maximum Gasteiger partial charge on any atom is 0.255 e. The minimum absolute atomic E-state index is 0.149. The molecule has 27 heavy (non-hydrogen) atoms. The van der Waals surface area contributed by atoms with E-state index in [1.807, 2.05) is 12.1 Å². The number of carbonyl (C=O) groups excluding carboxylic acids is 1. The molecule has 0 radical (unpaired) electrons. The number of rotatable bonds is 6. The lowest BCUT2D eigenvalue weighted by Gasteiger charge is -2.14. The first-order valence-electron chi connectivity index (χ1n) is 8.97. The second-order valence-corrected chi connectivity index (χ2v) is 8.97. The molecule has 1 fully saturated rings. The van der Waals surface area contributed by atoms with Gasteiger partial charge < -0.3 is 10.1 Å². The van der Waals surface area contributed by atoms with Gasteiger partial charge in [0.15, 0.2) is 0 Å². The van der Waals surface area contributed by atoms with Crippen molar-refractivity contribution in [2.45, 2.75) is 36.7 Å². The number of hydrogen-bond donors (Lipinski definition) is 1. The summed E-state index contributed by atoms with van der Waals surface area (Å²) in [4.78, 5) is 12.6. The van der Waals surface area contributed by atoms with Crippen molar-refractivity contribution in [1.29, 1.82) is 0 Å². The molecule has 1 amide bonds. The average molecular weight is 388 g/mol. The molecule has 1 aliphatic rings. The monoisotopic (exact) mass is 388 g/mol. The van der Waals surface area contributed by atoms with Gasteiger partial charge in [0.1, 0.15) is 5.75 Å². The standard InChI is InChI=1S/C20H24N2O4S/c1-22(2)27(24,25)19-12-10-15(11-13-19)20(23)21-16-6-5-9-18(14-16)26-17-7-3-4-8-17/h5-6,9-14,17H,3-4,7-8H2,1-2H3,(H,21,23). The van der Waals surface area contributed by atoms with E-state index >= 15 is 0 Å². The van der Waals surface area contributed by atoms with Gasteiger partial charge in [-0.05, 0) is 62.1 Å². The van der Waals surface area contributed by atoms with E-state index in [-0.39, 0.29) is 16.9 Å². The highest BCUT2D eigenvalue weighted by Crippen LogP contribution is 2.26. The molecule has 0 aromatic heterocycles. The quantitative estimate of drug-likeness (QED) is 0.822. The summed E-state index contributed by atoms with van der Waals surface area (Å²) in [6.45, 7) is 0. The highest BCUT2D eigenvalue weighted by molar-refractivity contribution is 7.89. The Labute approximate surface area is 160 Å². The summed E-state index contributed by atoms with van der Waals surface area (Å²) in [6, 6.07) is 13.2. The van der Waals surface area contributed by atoms with Crippen LogP contribution < -0.4 is 10.1 Å². The predicted octanol–water partition coefficient (Wildman–Crippen LogP) is 3.51. The molecule has 0 atom stereocenters. The Kier molecular flexibility index (Phi) is 5.82. The normalized spacial score (nSPS) is 15.1. The minimum Gasteiger partial charge on any atom is -0.490 e. The summed E-state index contributed by atoms with van der Waals surface area (Å²) in [5, 5.41) is 2.83. The van der Waals surface area contributed by atoms with Gasteiger partial charge in [0.2, 0.25) is 10.0 Å². The van der Waals surface area contributed by atoms with Crippen LogP contribution in [0.2, 0.25) is 0 Å². The molecule has 0 heterocycles. The second kappa shape index (κ2) is 8.10. The van der Waals surface area contributed by atoms with Crippen molar-refractivity contribution in [3.63, 3.8) is 0 Å². The van der Waals surface area contributed by atoms with Crippen LogP contribution in [0.4, 0.5) is 5.69 Å². The van der Waals surface area contributed by atoms with Crippen molar-refractivity contribution in [2.75, 3.05) is 19.4 Å². The third-order valence-electron chi connectivity index (χ3n) is 4.59. The van der Waals surface area contributed by atoms with Crippen molar-refractivity contribution >= 4 is 21.6 Å². The molecule has 2 aromatic carbocycles. The van der Waals surface area contributed by atoms with Crippen LogP contribution in [-0.4, -0.2) is 38.8 Å². The van der Waals surface area contributed by atoms with E-state index in [2.05, 4.69) is 5.32 Å². The van der Waals surface area contributed by atoms with E-state index in [4.69, 9.17) is 4.74 Å². The fourth-order valence-electron chi connectivity index (χ4n) is 3.04. The summed E-state index contributed by atoms with van der Waals surface area (Å²) in [5.41, 5.74) is 1.02. The topological polar surface area (TPSA) is 75.7 Å². The van der Waals surface area contributed by atoms with Crippen LogP contribution in [0.15, 0.2) is 53.4 Å². The van der Waals surface area contributed by atoms with Crippen molar-refractivity contribution in [3.8, 4) is 5.75 Å². The SMILES string of the molecule is CN(C)S(=O)(=O)c1ccc(C(=O)Nc2cccc(OC3CCCC3)c2)cc1. The largest absolute Gasteiger partial charge is 0.490 e. The molecule has 1 aliphatic carbocycles. The van der Waals surface area contributed by atoms with Gasteiger partial charge in [-0.25, -0.2) is 12.7 Å². The first kappa shape index (κ1) is 19.4. The molecule has 1 saturated carbocycles. The smallest absolute Gasteiger partial charge is 0.255 e. The molecule has 0 unspecified atom stereocenters. The number of benzene rings is 2. The summed E-state index contributed by atoms with van der Waals surface area (Å²) < 4.78 is 31.3. The molecule has 6 nitrogen and oxygen atoms in total. The first-order chi connectivity index (χ1) is 12.9. The number of ether oxygens (including phenoxy) is 1. The highest BCUT2D eigenvalue weighted by Gasteiger charge is 2.18. The molecular weight excluding hydrogens is 364 g/mol. The van der Waals surface area contributed by atoms with E-state index in [0.29, 0.717) is 11.3 Å². The Balaban J connectivity index is 1.68. The predicted molar refractivity (Wildman–Crippen MR) is 105 cm³/mol. The van der Waals surface area contributed by atoms with Crippen LogP contribution >= 0.6 is 0 Å². The van der Waals surface area contributed by atoms with Gasteiger partial charge in [-0.2, -0.15) is 0 Å². The molecule has 0 aliphatic heterocycles. The van der Waals surface area contributed by atoms with Crippen LogP contribution in [0.5, 0.6) is 5.75 Å². The molecule has 3 rings (SSSR count). The summed E-state index contributed by atoms with van der Waals surface area (Å²) in [6.07, 6.45) is 4.78. The third kappa shape index (κ3) is 4.67. The third-order valence-corrected chi connectivity index (χ3v) is 6.42. The van der Waals surface area contributed by atoms with E-state index in [1.165, 1.54) is 51.2 Å². The zero-order valence-electron chi connectivity index (χ0n) is 15.5. The zero-order valence-corrected chi connectivity index (χ0v) is 16.3. The van der Waals surface area contributed by atoms with Gasteiger partial charge in [-0.1, -0.05) is 6.07 Å². The lowest BCUT2D eigenvalue weighted by molar-refractivity contribution is 0.102. The van der Waals surface area contributed by atoms with E-state index in [1.54, 1.807) is 12.1 Å². The van der Waals surface area contributed by atoms with Crippen molar-refractivity contribution in [1.82, 2.24) is 4.31 Å². The average Bonchev–Trinajstić information content (AvgIpc) is 3.15. The number of anilines is 1. The molecule has 1 N–H and O–H groups in total. The number of amides is 1. The molecule has 0 saturated heterocycles. The van der Waals surface area contributed by atoms with Gasteiger partial charge in [-0.15, -0.1) is 0 Å². The van der Waals surface area contributed by atoms with Gasteiger partial charge in [0.05, 0.1) is 11.0 Å². The molecule has 144 valence electrons. The van der Waals surface area contributed by atoms with E-state index in [0.717, 1.165) is 22.9 Å².